The molecule has 1 aliphatic heterocycles. The normalized spacial score (nSPS) is 13.9. The van der Waals surface area contributed by atoms with Crippen molar-refractivity contribution in [3.8, 4) is 0 Å². The summed E-state index contributed by atoms with van der Waals surface area (Å²) in [5.41, 5.74) is 1.06. The predicted octanol–water partition coefficient (Wildman–Crippen LogP) is 3.24. The molecular weight excluding hydrogens is 366 g/mol. The number of nitrogens with zero attached hydrogens (tertiary/aromatic N) is 2. The molecule has 0 saturated carbocycles. The summed E-state index contributed by atoms with van der Waals surface area (Å²) in [4.78, 5) is 18.8. The van der Waals surface area contributed by atoms with Crippen LogP contribution in [0.4, 0.5) is 15.9 Å². The molecule has 1 saturated heterocycles. The largest absolute Gasteiger partial charge is 0.339 e. The maximum Gasteiger partial charge on any atom is 0.257 e. The van der Waals surface area contributed by atoms with E-state index in [9.17, 15) is 9.18 Å². The third-order valence-corrected chi connectivity index (χ3v) is 3.75. The number of hydrogen-bond acceptors (Lipinski definition) is 4. The second kappa shape index (κ2) is 10.2. The van der Waals surface area contributed by atoms with E-state index in [-0.39, 0.29) is 36.5 Å². The first kappa shape index (κ1) is 21.2. The number of halogens is 3. The van der Waals surface area contributed by atoms with Crippen molar-refractivity contribution in [2.75, 3.05) is 31.5 Å². The van der Waals surface area contributed by atoms with Crippen molar-refractivity contribution in [3.05, 3.63) is 54.0 Å². The van der Waals surface area contributed by atoms with Gasteiger partial charge in [-0.25, -0.2) is 9.37 Å². The van der Waals surface area contributed by atoms with Crippen LogP contribution in [0.25, 0.3) is 0 Å². The summed E-state index contributed by atoms with van der Waals surface area (Å²) in [5, 5.41) is 6.31. The zero-order chi connectivity index (χ0) is 16.1. The first-order chi connectivity index (χ1) is 11.2. The Hall–Kier alpha value is -1.89. The number of aromatic nitrogens is 1. The summed E-state index contributed by atoms with van der Waals surface area (Å²) in [5.74, 6) is 0.0541. The molecule has 2 N–H and O–H groups in total. The fourth-order valence-corrected chi connectivity index (χ4v) is 2.60. The fourth-order valence-electron chi connectivity index (χ4n) is 2.60. The monoisotopic (exact) mass is 386 g/mol. The van der Waals surface area contributed by atoms with Crippen LogP contribution in [0.15, 0.2) is 42.6 Å². The summed E-state index contributed by atoms with van der Waals surface area (Å²) in [6, 6.07) is 9.58. The molecule has 25 heavy (non-hydrogen) atoms. The van der Waals surface area contributed by atoms with E-state index in [1.54, 1.807) is 30.5 Å². The van der Waals surface area contributed by atoms with E-state index in [0.29, 0.717) is 23.6 Å². The van der Waals surface area contributed by atoms with E-state index in [2.05, 4.69) is 15.6 Å². The van der Waals surface area contributed by atoms with Crippen LogP contribution < -0.4 is 10.6 Å². The van der Waals surface area contributed by atoms with Gasteiger partial charge in [-0.2, -0.15) is 0 Å². The number of rotatable bonds is 3. The Bertz CT molecular complexity index is 694. The summed E-state index contributed by atoms with van der Waals surface area (Å²) in [6.45, 7) is 3.11. The first-order valence-electron chi connectivity index (χ1n) is 7.71. The van der Waals surface area contributed by atoms with Gasteiger partial charge in [0.25, 0.3) is 5.91 Å². The number of amides is 1. The van der Waals surface area contributed by atoms with Gasteiger partial charge in [0, 0.05) is 31.5 Å². The maximum atomic E-state index is 13.3. The van der Waals surface area contributed by atoms with Crippen LogP contribution in [0, 0.1) is 5.82 Å². The van der Waals surface area contributed by atoms with Gasteiger partial charge in [-0.05, 0) is 43.3 Å². The molecule has 3 rings (SSSR count). The molecule has 1 fully saturated rings. The Morgan fingerprint density at radius 2 is 2.00 bits per heavy atom. The molecule has 0 radical (unpaired) electrons. The van der Waals surface area contributed by atoms with Crippen molar-refractivity contribution in [2.45, 2.75) is 6.42 Å². The molecule has 136 valence electrons. The molecule has 1 amide bonds. The molecular formula is C17H21Cl2FN4O. The van der Waals surface area contributed by atoms with Crippen LogP contribution in [0.2, 0.25) is 0 Å². The highest BCUT2D eigenvalue weighted by Gasteiger charge is 2.20. The number of carbonyl (C=O) groups excluding carboxylic acids is 1. The van der Waals surface area contributed by atoms with Crippen molar-refractivity contribution in [3.63, 3.8) is 0 Å². The predicted molar refractivity (Wildman–Crippen MR) is 102 cm³/mol. The minimum absolute atomic E-state index is 0. The number of hydrogen-bond donors (Lipinski definition) is 2. The first-order valence-corrected chi connectivity index (χ1v) is 7.71. The molecule has 2 heterocycles. The Morgan fingerprint density at radius 3 is 2.80 bits per heavy atom. The number of pyridine rings is 1. The van der Waals surface area contributed by atoms with Gasteiger partial charge >= 0.3 is 0 Å². The Labute approximate surface area is 158 Å². The molecule has 8 heteroatoms. The van der Waals surface area contributed by atoms with Crippen LogP contribution in [0.3, 0.4) is 0 Å². The van der Waals surface area contributed by atoms with E-state index in [1.165, 1.54) is 12.1 Å². The number of anilines is 2. The zero-order valence-electron chi connectivity index (χ0n) is 13.6. The van der Waals surface area contributed by atoms with Gasteiger partial charge < -0.3 is 15.5 Å². The Balaban J connectivity index is 0.00000156. The third-order valence-electron chi connectivity index (χ3n) is 3.75. The molecule has 0 bridgehead atoms. The minimum atomic E-state index is -0.336. The van der Waals surface area contributed by atoms with Gasteiger partial charge in [0.2, 0.25) is 0 Å². The molecule has 0 atom stereocenters. The molecule has 5 nitrogen and oxygen atoms in total. The summed E-state index contributed by atoms with van der Waals surface area (Å²) < 4.78 is 13.3. The topological polar surface area (TPSA) is 57.3 Å². The highest BCUT2D eigenvalue weighted by molar-refractivity contribution is 5.99. The molecule has 0 spiro atoms. The number of nitrogens with one attached hydrogen (secondary N) is 2. The second-order valence-corrected chi connectivity index (χ2v) is 5.43. The molecule has 0 aliphatic carbocycles. The summed E-state index contributed by atoms with van der Waals surface area (Å²) in [7, 11) is 0. The van der Waals surface area contributed by atoms with Crippen LogP contribution >= 0.6 is 24.8 Å². The number of carbonyl (C=O) groups is 1. The van der Waals surface area contributed by atoms with Crippen molar-refractivity contribution in [1.82, 2.24) is 15.2 Å². The summed E-state index contributed by atoms with van der Waals surface area (Å²) >= 11 is 0. The minimum Gasteiger partial charge on any atom is -0.339 e. The van der Waals surface area contributed by atoms with Crippen LogP contribution in [0.5, 0.6) is 0 Å². The van der Waals surface area contributed by atoms with Gasteiger partial charge in [-0.15, -0.1) is 24.8 Å². The van der Waals surface area contributed by atoms with Gasteiger partial charge in [0.05, 0.1) is 5.56 Å². The van der Waals surface area contributed by atoms with Crippen molar-refractivity contribution >= 4 is 42.2 Å². The van der Waals surface area contributed by atoms with Gasteiger partial charge in [0.15, 0.2) is 0 Å². The molecule has 1 aliphatic rings. The lowest BCUT2D eigenvalue weighted by Crippen LogP contribution is -2.34. The summed E-state index contributed by atoms with van der Waals surface area (Å²) in [6.07, 6.45) is 2.54. The average molecular weight is 387 g/mol. The van der Waals surface area contributed by atoms with Crippen molar-refractivity contribution in [2.24, 2.45) is 0 Å². The van der Waals surface area contributed by atoms with Crippen molar-refractivity contribution in [1.29, 1.82) is 0 Å². The average Bonchev–Trinajstić information content (AvgIpc) is 2.84. The SMILES string of the molecule is Cl.Cl.O=C(c1cccnc1Nc1cccc(F)c1)N1CCCNCC1. The van der Waals surface area contributed by atoms with E-state index >= 15 is 0 Å². The standard InChI is InChI=1S/C17H19FN4O.2ClH/c18-13-4-1-5-14(12-13)21-16-15(6-2-8-20-16)17(23)22-10-3-7-19-9-11-22;;/h1-2,4-6,8,12,19H,3,7,9-11H2,(H,20,21);2*1H. The van der Waals surface area contributed by atoms with E-state index in [0.717, 1.165) is 26.1 Å². The smallest absolute Gasteiger partial charge is 0.257 e. The van der Waals surface area contributed by atoms with Gasteiger partial charge in [-0.1, -0.05) is 6.07 Å². The zero-order valence-corrected chi connectivity index (χ0v) is 15.2. The van der Waals surface area contributed by atoms with Crippen LogP contribution in [0.1, 0.15) is 16.8 Å². The van der Waals surface area contributed by atoms with Gasteiger partial charge in [-0.3, -0.25) is 4.79 Å². The quantitative estimate of drug-likeness (QED) is 0.849. The Kier molecular flexibility index (Phi) is 8.61. The lowest BCUT2D eigenvalue weighted by molar-refractivity contribution is 0.0767. The van der Waals surface area contributed by atoms with Gasteiger partial charge in [0.1, 0.15) is 11.6 Å². The second-order valence-electron chi connectivity index (χ2n) is 5.43. The van der Waals surface area contributed by atoms with Crippen LogP contribution in [-0.4, -0.2) is 42.0 Å². The maximum absolute atomic E-state index is 13.3. The van der Waals surface area contributed by atoms with E-state index in [1.807, 2.05) is 4.90 Å². The van der Waals surface area contributed by atoms with Crippen molar-refractivity contribution < 1.29 is 9.18 Å². The lowest BCUT2D eigenvalue weighted by atomic mass is 10.2. The lowest BCUT2D eigenvalue weighted by Gasteiger charge is -2.21. The van der Waals surface area contributed by atoms with Crippen LogP contribution in [-0.2, 0) is 0 Å². The third kappa shape index (κ3) is 5.56. The molecule has 2 aromatic rings. The Morgan fingerprint density at radius 1 is 1.16 bits per heavy atom. The van der Waals surface area contributed by atoms with E-state index in [4.69, 9.17) is 0 Å². The molecule has 1 aromatic carbocycles. The molecule has 1 aromatic heterocycles. The van der Waals surface area contributed by atoms with E-state index < -0.39 is 0 Å². The number of benzene rings is 1. The highest BCUT2D eigenvalue weighted by atomic mass is 35.5. The highest BCUT2D eigenvalue weighted by Crippen LogP contribution is 2.20. The molecule has 0 unspecified atom stereocenters. The fraction of sp³-hybridized carbons (Fsp3) is 0.294.